The van der Waals surface area contributed by atoms with Crippen molar-refractivity contribution in [2.45, 2.75) is 13.8 Å². The van der Waals surface area contributed by atoms with Gasteiger partial charge in [0.15, 0.2) is 5.82 Å². The molecule has 27 heavy (non-hydrogen) atoms. The van der Waals surface area contributed by atoms with Gasteiger partial charge in [-0.25, -0.2) is 18.1 Å². The molecule has 140 valence electrons. The number of aryl methyl sites for hydroxylation is 1. The Labute approximate surface area is 157 Å². The van der Waals surface area contributed by atoms with Crippen LogP contribution in [0, 0.1) is 18.3 Å². The monoisotopic (exact) mass is 385 g/mol. The van der Waals surface area contributed by atoms with Gasteiger partial charge in [-0.2, -0.15) is 5.26 Å². The van der Waals surface area contributed by atoms with E-state index in [1.165, 1.54) is 29.1 Å². The molecule has 2 heterocycles. The predicted octanol–water partition coefficient (Wildman–Crippen LogP) is 2.28. The maximum absolute atomic E-state index is 12.8. The largest absolute Gasteiger partial charge is 0.293 e. The summed E-state index contributed by atoms with van der Waals surface area (Å²) < 4.78 is 26.1. The van der Waals surface area contributed by atoms with E-state index in [0.717, 1.165) is 6.26 Å². The highest BCUT2D eigenvalue weighted by atomic mass is 32.2. The number of aromatic nitrogens is 3. The summed E-state index contributed by atoms with van der Waals surface area (Å²) in [7, 11) is -3.40. The molecular formula is C18H19N5O3S. The maximum atomic E-state index is 12.8. The number of nitriles is 1. The van der Waals surface area contributed by atoms with Crippen molar-refractivity contribution in [2.24, 2.45) is 0 Å². The molecule has 0 amide bonds. The summed E-state index contributed by atoms with van der Waals surface area (Å²) in [6, 6.07) is 5.03. The number of nitrogens with one attached hydrogen (secondary N) is 2. The first-order chi connectivity index (χ1) is 12.7. The van der Waals surface area contributed by atoms with Crippen LogP contribution < -0.4 is 10.3 Å². The van der Waals surface area contributed by atoms with Gasteiger partial charge in [-0.3, -0.25) is 14.6 Å². The molecule has 0 unspecified atom stereocenters. The molecule has 2 N–H and O–H groups in total. The Bertz CT molecular complexity index is 1130. The van der Waals surface area contributed by atoms with Crippen molar-refractivity contribution in [3.05, 3.63) is 70.3 Å². The molecule has 0 bridgehead atoms. The van der Waals surface area contributed by atoms with Crippen LogP contribution in [0.5, 0.6) is 0 Å². The van der Waals surface area contributed by atoms with E-state index < -0.39 is 10.0 Å². The van der Waals surface area contributed by atoms with E-state index in [1.807, 2.05) is 6.07 Å². The molecule has 2 aromatic heterocycles. The zero-order valence-electron chi connectivity index (χ0n) is 15.1. The SMILES string of the molecule is C=C/C(C#N)=C\C=C(/C)c1c(C)[nH]n(-c2ccc(NS(C)(=O)=O)cn2)c1=O. The quantitative estimate of drug-likeness (QED) is 0.584. The first kappa shape index (κ1) is 19.9. The Morgan fingerprint density at radius 1 is 1.41 bits per heavy atom. The van der Waals surface area contributed by atoms with Gasteiger partial charge in [0, 0.05) is 5.69 Å². The van der Waals surface area contributed by atoms with Crippen molar-refractivity contribution in [1.29, 1.82) is 5.26 Å². The van der Waals surface area contributed by atoms with Gasteiger partial charge in [-0.05, 0) is 37.6 Å². The van der Waals surface area contributed by atoms with Crippen LogP contribution in [0.1, 0.15) is 18.2 Å². The van der Waals surface area contributed by atoms with Crippen LogP contribution in [0.2, 0.25) is 0 Å². The third-order valence-corrected chi connectivity index (χ3v) is 4.21. The molecule has 0 aromatic carbocycles. The number of anilines is 1. The number of hydrogen-bond acceptors (Lipinski definition) is 5. The number of aromatic amines is 1. The van der Waals surface area contributed by atoms with E-state index in [1.54, 1.807) is 26.0 Å². The Morgan fingerprint density at radius 3 is 2.63 bits per heavy atom. The van der Waals surface area contributed by atoms with E-state index in [9.17, 15) is 13.2 Å². The highest BCUT2D eigenvalue weighted by Gasteiger charge is 2.14. The molecule has 9 heteroatoms. The van der Waals surface area contributed by atoms with Crippen LogP contribution in [0.3, 0.4) is 0 Å². The van der Waals surface area contributed by atoms with Crippen LogP contribution >= 0.6 is 0 Å². The molecule has 0 fully saturated rings. The molecule has 0 aliphatic carbocycles. The Kier molecular flexibility index (Phi) is 5.82. The Morgan fingerprint density at radius 2 is 2.11 bits per heavy atom. The smallest absolute Gasteiger partial charge is 0.280 e. The van der Waals surface area contributed by atoms with Gasteiger partial charge in [-0.15, -0.1) is 0 Å². The molecule has 2 aromatic rings. The van der Waals surface area contributed by atoms with Gasteiger partial charge in [0.05, 0.1) is 35.3 Å². The van der Waals surface area contributed by atoms with Gasteiger partial charge < -0.3 is 0 Å². The minimum absolute atomic E-state index is 0.299. The van der Waals surface area contributed by atoms with E-state index in [4.69, 9.17) is 5.26 Å². The van der Waals surface area contributed by atoms with Crippen LogP contribution in [-0.2, 0) is 10.0 Å². The number of hydrogen-bond donors (Lipinski definition) is 2. The van der Waals surface area contributed by atoms with E-state index in [2.05, 4.69) is 21.4 Å². The highest BCUT2D eigenvalue weighted by molar-refractivity contribution is 7.92. The lowest BCUT2D eigenvalue weighted by Crippen LogP contribution is -2.18. The number of H-pyrrole nitrogens is 1. The Balaban J connectivity index is 2.42. The molecule has 0 spiro atoms. The lowest BCUT2D eigenvalue weighted by Gasteiger charge is -2.04. The number of rotatable bonds is 6. The average Bonchev–Trinajstić information content (AvgIpc) is 2.89. The number of nitrogens with zero attached hydrogens (tertiary/aromatic N) is 3. The molecule has 0 radical (unpaired) electrons. The van der Waals surface area contributed by atoms with E-state index in [-0.39, 0.29) is 5.56 Å². The van der Waals surface area contributed by atoms with Crippen molar-refractivity contribution in [1.82, 2.24) is 14.8 Å². The zero-order valence-corrected chi connectivity index (χ0v) is 16.0. The normalized spacial score (nSPS) is 12.5. The molecule has 0 atom stereocenters. The minimum atomic E-state index is -3.40. The number of pyridine rings is 1. The standard InChI is InChI=1S/C18H19N5O3S/c1-5-14(10-19)7-6-12(2)17-13(3)21-23(18(17)24)16-9-8-15(11-20-16)22-27(4,25)26/h5-9,11,21-22H,1H2,2-4H3/b12-6+,14-7+. The lowest BCUT2D eigenvalue weighted by molar-refractivity contribution is 0.607. The summed E-state index contributed by atoms with van der Waals surface area (Å²) in [5.74, 6) is 0.320. The lowest BCUT2D eigenvalue weighted by atomic mass is 10.1. The average molecular weight is 385 g/mol. The fourth-order valence-electron chi connectivity index (χ4n) is 2.41. The van der Waals surface area contributed by atoms with Gasteiger partial charge in [0.1, 0.15) is 0 Å². The summed E-state index contributed by atoms with van der Waals surface area (Å²) in [5, 5.41) is 11.9. The van der Waals surface area contributed by atoms with Gasteiger partial charge in [0.2, 0.25) is 10.0 Å². The van der Waals surface area contributed by atoms with E-state index in [0.29, 0.717) is 33.9 Å². The van der Waals surface area contributed by atoms with Gasteiger partial charge in [0.25, 0.3) is 5.56 Å². The van der Waals surface area contributed by atoms with Crippen LogP contribution in [0.25, 0.3) is 11.4 Å². The second-order valence-electron chi connectivity index (χ2n) is 5.82. The van der Waals surface area contributed by atoms with Crippen molar-refractivity contribution in [3.8, 4) is 11.9 Å². The third-order valence-electron chi connectivity index (χ3n) is 3.61. The third kappa shape index (κ3) is 4.83. The maximum Gasteiger partial charge on any atom is 0.280 e. The number of allylic oxidation sites excluding steroid dienone is 5. The van der Waals surface area contributed by atoms with Crippen LogP contribution in [0.4, 0.5) is 5.69 Å². The molecule has 0 aliphatic heterocycles. The van der Waals surface area contributed by atoms with Gasteiger partial charge in [-0.1, -0.05) is 18.7 Å². The zero-order chi connectivity index (χ0) is 20.2. The summed E-state index contributed by atoms with van der Waals surface area (Å²) in [4.78, 5) is 16.9. The van der Waals surface area contributed by atoms with Crippen LogP contribution in [0.15, 0.2) is 53.5 Å². The van der Waals surface area contributed by atoms with Crippen LogP contribution in [-0.4, -0.2) is 29.4 Å². The minimum Gasteiger partial charge on any atom is -0.293 e. The molecule has 0 saturated heterocycles. The number of sulfonamides is 1. The summed E-state index contributed by atoms with van der Waals surface area (Å²) in [6.45, 7) is 7.07. The van der Waals surface area contributed by atoms with E-state index >= 15 is 0 Å². The molecule has 2 rings (SSSR count). The highest BCUT2D eigenvalue weighted by Crippen LogP contribution is 2.16. The first-order valence-corrected chi connectivity index (χ1v) is 9.72. The second kappa shape index (κ2) is 7.88. The second-order valence-corrected chi connectivity index (χ2v) is 7.57. The first-order valence-electron chi connectivity index (χ1n) is 7.83. The predicted molar refractivity (Wildman–Crippen MR) is 105 cm³/mol. The molecule has 0 saturated carbocycles. The van der Waals surface area contributed by atoms with Gasteiger partial charge >= 0.3 is 0 Å². The molecule has 0 aliphatic rings. The van der Waals surface area contributed by atoms with Crippen molar-refractivity contribution >= 4 is 21.3 Å². The topological polar surface area (TPSA) is 121 Å². The molecular weight excluding hydrogens is 366 g/mol. The summed E-state index contributed by atoms with van der Waals surface area (Å²) >= 11 is 0. The van der Waals surface area contributed by atoms with Crippen molar-refractivity contribution < 1.29 is 8.42 Å². The van der Waals surface area contributed by atoms with Crippen molar-refractivity contribution in [3.63, 3.8) is 0 Å². The van der Waals surface area contributed by atoms with Crippen molar-refractivity contribution in [2.75, 3.05) is 11.0 Å². The Hall–Kier alpha value is -3.38. The molecule has 8 nitrogen and oxygen atoms in total. The summed E-state index contributed by atoms with van der Waals surface area (Å²) in [6.07, 6.45) is 7.06. The fraction of sp³-hybridized carbons (Fsp3) is 0.167. The summed E-state index contributed by atoms with van der Waals surface area (Å²) in [5.41, 5.74) is 2.17. The fourth-order valence-corrected chi connectivity index (χ4v) is 2.96.